The second-order valence-corrected chi connectivity index (χ2v) is 32.0. The Morgan fingerprint density at radius 1 is 0.288 bits per heavy atom. The van der Waals surface area contributed by atoms with Gasteiger partial charge in [-0.05, 0) is 202 Å². The Morgan fingerprint density at radius 2 is 0.544 bits per heavy atom. The number of carbonyl (C=O) groups excluding carboxylic acids is 3. The van der Waals surface area contributed by atoms with Gasteiger partial charge >= 0.3 is 11.9 Å². The second-order valence-electron chi connectivity index (χ2n) is 32.0. The van der Waals surface area contributed by atoms with Crippen LogP contribution in [0.25, 0.3) is 0 Å². The fourth-order valence-corrected chi connectivity index (χ4v) is 12.8. The van der Waals surface area contributed by atoms with Gasteiger partial charge in [0.25, 0.3) is 0 Å². The maximum Gasteiger partial charge on any atom is 0.307 e. The van der Waals surface area contributed by atoms with Crippen LogP contribution in [0.1, 0.15) is 193 Å². The highest BCUT2D eigenvalue weighted by Crippen LogP contribution is 2.14. The average Bonchev–Trinajstić information content (AvgIpc) is 0.882. The molecule has 2 amide bonds. The highest BCUT2D eigenvalue weighted by Gasteiger charge is 2.18. The summed E-state index contributed by atoms with van der Waals surface area (Å²) in [5.41, 5.74) is 15.2. The number of hydrogen-bond acceptors (Lipinski definition) is 13. The first-order chi connectivity index (χ1) is 60.9. The maximum absolute atomic E-state index is 13.0. The number of carboxylic acids is 2. The lowest BCUT2D eigenvalue weighted by molar-refractivity contribution is -0.137. The molecule has 0 aliphatic carbocycles. The number of carboxylic acid groups (broad SMARTS) is 2. The molecule has 0 atom stereocenters. The molecule has 9 aromatic rings. The van der Waals surface area contributed by atoms with Crippen molar-refractivity contribution in [1.82, 2.24) is 44.9 Å². The van der Waals surface area contributed by atoms with E-state index >= 15 is 0 Å². The molecule has 17 nitrogen and oxygen atoms in total. The van der Waals surface area contributed by atoms with E-state index in [1.807, 2.05) is 182 Å². The minimum Gasteiger partial charge on any atom is -0.481 e. The third-order valence-electron chi connectivity index (χ3n) is 20.1. The molecule has 0 aliphatic heterocycles. The minimum absolute atomic E-state index is 0.112. The first kappa shape index (κ1) is 111. The summed E-state index contributed by atoms with van der Waals surface area (Å²) < 4.78 is 0. The molecule has 17 heteroatoms. The van der Waals surface area contributed by atoms with Crippen molar-refractivity contribution < 1.29 is 34.2 Å². The van der Waals surface area contributed by atoms with Crippen LogP contribution in [0.4, 0.5) is 0 Å². The zero-order chi connectivity index (χ0) is 91.1. The minimum atomic E-state index is -0.786. The molecular formula is C108H160N10O7. The van der Waals surface area contributed by atoms with Gasteiger partial charge in [-0.2, -0.15) is 0 Å². The second kappa shape index (κ2) is 77.8. The number of benzene rings is 9. The van der Waals surface area contributed by atoms with Crippen LogP contribution in [0.5, 0.6) is 0 Å². The third-order valence-corrected chi connectivity index (χ3v) is 20.1. The molecule has 0 fully saturated rings. The third kappa shape index (κ3) is 63.7. The normalized spacial score (nSPS) is 10.5. The van der Waals surface area contributed by atoms with Crippen LogP contribution >= 0.6 is 0 Å². The molecule has 9 rings (SSSR count). The van der Waals surface area contributed by atoms with Crippen LogP contribution in [0, 0.1) is 0 Å². The van der Waals surface area contributed by atoms with Crippen molar-refractivity contribution in [3.63, 3.8) is 0 Å². The molecule has 0 bridgehead atoms. The van der Waals surface area contributed by atoms with Gasteiger partial charge in [0.05, 0.1) is 25.7 Å². The van der Waals surface area contributed by atoms with Gasteiger partial charge in [0.15, 0.2) is 0 Å². The summed E-state index contributed by atoms with van der Waals surface area (Å²) in [7, 11) is 8.24. The predicted octanol–water partition coefficient (Wildman–Crippen LogP) is 20.1. The number of rotatable bonds is 52. The molecule has 684 valence electrons. The fourth-order valence-electron chi connectivity index (χ4n) is 12.8. The van der Waals surface area contributed by atoms with E-state index in [0.717, 1.165) is 112 Å². The smallest absolute Gasteiger partial charge is 0.307 e. The summed E-state index contributed by atoms with van der Waals surface area (Å²) >= 11 is 0. The summed E-state index contributed by atoms with van der Waals surface area (Å²) in [5, 5.41) is 23.7. The first-order valence-electron chi connectivity index (χ1n) is 46.3. The quantitative estimate of drug-likeness (QED) is 0.0178. The Morgan fingerprint density at radius 3 is 0.824 bits per heavy atom. The number of amides is 2. The molecule has 0 aromatic heterocycles. The molecule has 0 aliphatic rings. The lowest BCUT2D eigenvalue weighted by Crippen LogP contribution is -2.37. The first-order valence-corrected chi connectivity index (χ1v) is 46.3. The summed E-state index contributed by atoms with van der Waals surface area (Å²) in [6.07, 6.45) is 20.9. The van der Waals surface area contributed by atoms with Crippen molar-refractivity contribution in [2.24, 2.45) is 5.73 Å². The van der Waals surface area contributed by atoms with E-state index in [9.17, 15) is 24.0 Å². The number of unbranched alkanes of at least 4 members (excludes halogenated alkanes) is 6. The van der Waals surface area contributed by atoms with Crippen LogP contribution in [-0.2, 0) is 71.0 Å². The largest absolute Gasteiger partial charge is 0.481 e. The van der Waals surface area contributed by atoms with Gasteiger partial charge in [-0.3, -0.25) is 24.0 Å². The number of aldehydes is 1. The number of likely N-dealkylation sites (N-methyl/N-ethyl adjacent to an activating group) is 2. The number of nitrogens with one attached hydrogen (secondary N) is 2. The van der Waals surface area contributed by atoms with Crippen LogP contribution in [0.2, 0.25) is 0 Å². The molecule has 9 aromatic carbocycles. The van der Waals surface area contributed by atoms with Crippen molar-refractivity contribution >= 4 is 30.0 Å². The lowest BCUT2D eigenvalue weighted by Gasteiger charge is -2.26. The summed E-state index contributed by atoms with van der Waals surface area (Å²) in [6.45, 7) is 34.3. The van der Waals surface area contributed by atoms with Gasteiger partial charge in [0.1, 0.15) is 6.29 Å². The van der Waals surface area contributed by atoms with Gasteiger partial charge < -0.3 is 60.9 Å². The SMILES string of the molecule is CCCCN(CCCC)CCCN.CCCCN(CCCC)CCCN(Cc1ccccc1)C(=O)Cc1ccccc1.CCCCN(CCCC)CCCNCc1ccccc1.CN(C)CCN(Cc1ccccc1)C(=O)Cc1ccccc1.CN(C)CCNCc1ccccc1.O=C(O)Cc1ccccc1.O=C(O)Cc1ccccc1.O=Cc1ccccc1. The molecule has 0 saturated heterocycles. The van der Waals surface area contributed by atoms with Crippen molar-refractivity contribution in [3.05, 3.63) is 323 Å². The molecule has 0 spiro atoms. The molecular weight excluding hydrogens is 1550 g/mol. The van der Waals surface area contributed by atoms with Crippen LogP contribution in [0.15, 0.2) is 273 Å². The maximum atomic E-state index is 13.0. The highest BCUT2D eigenvalue weighted by atomic mass is 16.4. The monoisotopic (exact) mass is 1710 g/mol. The van der Waals surface area contributed by atoms with Crippen LogP contribution < -0.4 is 16.4 Å². The molecule has 0 saturated carbocycles. The Kier molecular flexibility index (Phi) is 69.2. The Balaban J connectivity index is 0.000000501. The molecule has 0 unspecified atom stereocenters. The van der Waals surface area contributed by atoms with E-state index in [-0.39, 0.29) is 24.7 Å². The van der Waals surface area contributed by atoms with Gasteiger partial charge in [0, 0.05) is 64.5 Å². The standard InChI is InChI=1S/C26H38N2O.C19H24N2O.C18H32N2.C11H18N2.C11H26N2.2C8H8O2.C7H6O/c1-3-5-18-27(19-6-4-2)20-13-21-28(23-25-16-11-8-12-17-25)26(29)22-24-14-9-7-10-15-24;1-20(2)13-14-21(16-18-11-7-4-8-12-18)19(22)15-17-9-5-3-6-10-17;1-3-5-14-20(15-6-4-2)16-10-13-19-17-18-11-8-7-9-12-18;1-13(2)9-8-12-10-11-6-4-3-5-7-11;1-3-5-9-13(10-6-4-2)11-7-8-12;2*9-8(10)6-7-4-2-1-3-5-7;8-6-7-4-2-1-3-5-7/h7-12,14-17H,3-6,13,18-23H2,1-2H3;3-12H,13-16H2,1-2H3;7-9,11-12,19H,3-6,10,13-17H2,1-2H3;3-7,12H,8-10H2,1-2H3;3-12H2,1-2H3;2*1-5H,6H2,(H,9,10);1-6H. The molecule has 0 heterocycles. The predicted molar refractivity (Wildman–Crippen MR) is 526 cm³/mol. The number of carbonyl (C=O) groups is 5. The van der Waals surface area contributed by atoms with E-state index in [0.29, 0.717) is 25.9 Å². The Bertz CT molecular complexity index is 3850. The van der Waals surface area contributed by atoms with Crippen LogP contribution in [-0.4, -0.2) is 207 Å². The zero-order valence-corrected chi connectivity index (χ0v) is 78.3. The van der Waals surface area contributed by atoms with E-state index in [4.69, 9.17) is 15.9 Å². The van der Waals surface area contributed by atoms with Gasteiger partial charge in [-0.1, -0.05) is 353 Å². The highest BCUT2D eigenvalue weighted by molar-refractivity contribution is 5.79. The Hall–Kier alpha value is -9.79. The van der Waals surface area contributed by atoms with E-state index in [2.05, 4.69) is 170 Å². The molecule has 125 heavy (non-hydrogen) atoms. The van der Waals surface area contributed by atoms with Crippen molar-refractivity contribution in [2.75, 3.05) is 133 Å². The number of aliphatic carboxylic acids is 2. The van der Waals surface area contributed by atoms with Gasteiger partial charge in [-0.25, -0.2) is 0 Å². The van der Waals surface area contributed by atoms with Crippen molar-refractivity contribution in [3.8, 4) is 0 Å². The topological polar surface area (TPSA) is 199 Å². The summed E-state index contributed by atoms with van der Waals surface area (Å²) in [6, 6.07) is 89.0. The molecule has 0 radical (unpaired) electrons. The lowest BCUT2D eigenvalue weighted by atomic mass is 10.1. The summed E-state index contributed by atoms with van der Waals surface area (Å²) in [4.78, 5) is 72.1. The van der Waals surface area contributed by atoms with Gasteiger partial charge in [-0.15, -0.1) is 0 Å². The van der Waals surface area contributed by atoms with E-state index in [1.54, 1.807) is 36.4 Å². The summed E-state index contributed by atoms with van der Waals surface area (Å²) in [5.74, 6) is -1.18. The van der Waals surface area contributed by atoms with Crippen LogP contribution in [0.3, 0.4) is 0 Å². The van der Waals surface area contributed by atoms with E-state index < -0.39 is 11.9 Å². The average molecular weight is 1710 g/mol. The Labute approximate surface area is 756 Å². The van der Waals surface area contributed by atoms with Crippen molar-refractivity contribution in [1.29, 1.82) is 0 Å². The number of hydrogen-bond donors (Lipinski definition) is 5. The number of nitrogens with two attached hydrogens (primary N) is 1. The van der Waals surface area contributed by atoms with E-state index in [1.165, 1.54) is 158 Å². The molecule has 6 N–H and O–H groups in total. The zero-order valence-electron chi connectivity index (χ0n) is 78.3. The fraction of sp³-hybridized carbons (Fsp3) is 0.454. The van der Waals surface area contributed by atoms with Gasteiger partial charge in [0.2, 0.25) is 11.8 Å². The number of nitrogens with zero attached hydrogens (tertiary/aromatic N) is 7. The van der Waals surface area contributed by atoms with Crippen molar-refractivity contribution in [2.45, 2.75) is 190 Å².